The van der Waals surface area contributed by atoms with E-state index in [4.69, 9.17) is 0 Å². The standard InChI is InChI=1S/C13H18N2O/c1-4-5-14-12-10-7-8(2)6-9(3)11(10)15-13(12)16/h6-7,12,14H,4-5H2,1-3H3,(H,15,16). The quantitative estimate of drug-likeness (QED) is 0.817. The number of anilines is 1. The lowest BCUT2D eigenvalue weighted by Crippen LogP contribution is -2.28. The molecule has 1 aromatic rings. The van der Waals surface area contributed by atoms with E-state index >= 15 is 0 Å². The van der Waals surface area contributed by atoms with Gasteiger partial charge in [-0.15, -0.1) is 0 Å². The molecule has 0 aromatic heterocycles. The van der Waals surface area contributed by atoms with Crippen LogP contribution in [0.3, 0.4) is 0 Å². The van der Waals surface area contributed by atoms with Crippen molar-refractivity contribution < 1.29 is 4.79 Å². The van der Waals surface area contributed by atoms with Gasteiger partial charge in [0.05, 0.1) is 0 Å². The minimum absolute atomic E-state index is 0.0668. The molecular weight excluding hydrogens is 200 g/mol. The zero-order valence-electron chi connectivity index (χ0n) is 10.1. The Balaban J connectivity index is 2.36. The van der Waals surface area contributed by atoms with Gasteiger partial charge in [-0.1, -0.05) is 24.6 Å². The largest absolute Gasteiger partial charge is 0.324 e. The van der Waals surface area contributed by atoms with Crippen LogP contribution < -0.4 is 10.6 Å². The van der Waals surface area contributed by atoms with Crippen LogP contribution in [0.1, 0.15) is 36.1 Å². The van der Waals surface area contributed by atoms with Crippen LogP contribution in [-0.4, -0.2) is 12.5 Å². The molecule has 0 fully saturated rings. The molecule has 0 saturated heterocycles. The lowest BCUT2D eigenvalue weighted by Gasteiger charge is -2.11. The number of carbonyl (C=O) groups is 1. The maximum atomic E-state index is 11.8. The molecule has 86 valence electrons. The molecule has 3 heteroatoms. The Morgan fingerprint density at radius 2 is 2.12 bits per heavy atom. The first-order valence-corrected chi connectivity index (χ1v) is 5.79. The first-order valence-electron chi connectivity index (χ1n) is 5.79. The number of hydrogen-bond acceptors (Lipinski definition) is 2. The van der Waals surface area contributed by atoms with E-state index in [0.717, 1.165) is 29.8 Å². The fraction of sp³-hybridized carbons (Fsp3) is 0.462. The minimum Gasteiger partial charge on any atom is -0.324 e. The predicted octanol–water partition coefficient (Wildman–Crippen LogP) is 2.30. The normalized spacial score (nSPS) is 18.4. The van der Waals surface area contributed by atoms with E-state index in [0.29, 0.717) is 0 Å². The third-order valence-corrected chi connectivity index (χ3v) is 2.93. The Labute approximate surface area is 96.2 Å². The van der Waals surface area contributed by atoms with E-state index in [9.17, 15) is 4.79 Å². The Hall–Kier alpha value is -1.35. The highest BCUT2D eigenvalue weighted by molar-refractivity contribution is 6.03. The number of fused-ring (bicyclic) bond motifs is 1. The molecule has 0 bridgehead atoms. The molecule has 0 radical (unpaired) electrons. The van der Waals surface area contributed by atoms with E-state index in [1.54, 1.807) is 0 Å². The molecule has 3 nitrogen and oxygen atoms in total. The van der Waals surface area contributed by atoms with Crippen molar-refractivity contribution in [2.75, 3.05) is 11.9 Å². The van der Waals surface area contributed by atoms with Crippen LogP contribution in [0.2, 0.25) is 0 Å². The van der Waals surface area contributed by atoms with Crippen LogP contribution in [-0.2, 0) is 4.79 Å². The van der Waals surface area contributed by atoms with Crippen molar-refractivity contribution in [3.8, 4) is 0 Å². The maximum absolute atomic E-state index is 11.8. The van der Waals surface area contributed by atoms with E-state index in [1.807, 2.05) is 6.92 Å². The lowest BCUT2D eigenvalue weighted by atomic mass is 10.0. The van der Waals surface area contributed by atoms with E-state index in [2.05, 4.69) is 36.6 Å². The van der Waals surface area contributed by atoms with Crippen molar-refractivity contribution in [3.63, 3.8) is 0 Å². The van der Waals surface area contributed by atoms with Crippen molar-refractivity contribution in [1.29, 1.82) is 0 Å². The van der Waals surface area contributed by atoms with Crippen LogP contribution in [0.5, 0.6) is 0 Å². The third kappa shape index (κ3) is 1.83. The average Bonchev–Trinajstić information content (AvgIpc) is 2.53. The average molecular weight is 218 g/mol. The summed E-state index contributed by atoms with van der Waals surface area (Å²) in [6.07, 6.45) is 1.03. The van der Waals surface area contributed by atoms with Gasteiger partial charge in [0.15, 0.2) is 0 Å². The molecule has 1 heterocycles. The van der Waals surface area contributed by atoms with Gasteiger partial charge >= 0.3 is 0 Å². The van der Waals surface area contributed by atoms with Crippen molar-refractivity contribution in [3.05, 3.63) is 28.8 Å². The SMILES string of the molecule is CCCNC1C(=O)Nc2c(C)cc(C)cc21. The molecule has 0 spiro atoms. The molecular formula is C13H18N2O. The highest BCUT2D eigenvalue weighted by Gasteiger charge is 2.30. The van der Waals surface area contributed by atoms with Gasteiger partial charge in [0.25, 0.3) is 0 Å². The zero-order chi connectivity index (χ0) is 11.7. The van der Waals surface area contributed by atoms with Gasteiger partial charge in [0, 0.05) is 11.3 Å². The Kier molecular flexibility index (Phi) is 2.97. The second-order valence-electron chi connectivity index (χ2n) is 4.42. The van der Waals surface area contributed by atoms with E-state index < -0.39 is 0 Å². The predicted molar refractivity (Wildman–Crippen MR) is 65.6 cm³/mol. The molecule has 2 rings (SSSR count). The summed E-state index contributed by atoms with van der Waals surface area (Å²) < 4.78 is 0. The van der Waals surface area contributed by atoms with Crippen molar-refractivity contribution in [2.45, 2.75) is 33.2 Å². The van der Waals surface area contributed by atoms with Gasteiger partial charge in [-0.05, 0) is 32.4 Å². The summed E-state index contributed by atoms with van der Waals surface area (Å²) in [5.41, 5.74) is 4.43. The van der Waals surface area contributed by atoms with Gasteiger partial charge in [-0.2, -0.15) is 0 Å². The molecule has 2 N–H and O–H groups in total. The fourth-order valence-corrected chi connectivity index (χ4v) is 2.23. The fourth-order valence-electron chi connectivity index (χ4n) is 2.23. The summed E-state index contributed by atoms with van der Waals surface area (Å²) >= 11 is 0. The summed E-state index contributed by atoms with van der Waals surface area (Å²) in [5.74, 6) is 0.0668. The highest BCUT2D eigenvalue weighted by Crippen LogP contribution is 2.34. The van der Waals surface area contributed by atoms with Crippen LogP contribution in [0.25, 0.3) is 0 Å². The van der Waals surface area contributed by atoms with Gasteiger partial charge < -0.3 is 10.6 Å². The number of nitrogens with one attached hydrogen (secondary N) is 2. The molecule has 1 aliphatic heterocycles. The molecule has 0 aliphatic carbocycles. The number of rotatable bonds is 3. The summed E-state index contributed by atoms with van der Waals surface area (Å²) in [6, 6.07) is 4.02. The second-order valence-corrected chi connectivity index (χ2v) is 4.42. The lowest BCUT2D eigenvalue weighted by molar-refractivity contribution is -0.117. The minimum atomic E-state index is -0.173. The number of hydrogen-bond donors (Lipinski definition) is 2. The van der Waals surface area contributed by atoms with Crippen LogP contribution in [0.15, 0.2) is 12.1 Å². The summed E-state index contributed by atoms with van der Waals surface area (Å²) in [4.78, 5) is 11.8. The number of carbonyl (C=O) groups excluding carboxylic acids is 1. The second kappa shape index (κ2) is 4.26. The van der Waals surface area contributed by atoms with Crippen LogP contribution in [0, 0.1) is 13.8 Å². The molecule has 1 atom stereocenters. The number of amides is 1. The first-order chi connectivity index (χ1) is 7.63. The van der Waals surface area contributed by atoms with E-state index in [1.165, 1.54) is 5.56 Å². The molecule has 0 saturated carbocycles. The van der Waals surface area contributed by atoms with Gasteiger partial charge in [-0.25, -0.2) is 0 Å². The molecule has 1 aliphatic rings. The number of benzene rings is 1. The Morgan fingerprint density at radius 1 is 1.38 bits per heavy atom. The van der Waals surface area contributed by atoms with Gasteiger partial charge in [0.1, 0.15) is 6.04 Å². The summed E-state index contributed by atoms with van der Waals surface area (Å²) in [6.45, 7) is 7.06. The number of aryl methyl sites for hydroxylation is 2. The van der Waals surface area contributed by atoms with E-state index in [-0.39, 0.29) is 11.9 Å². The Morgan fingerprint density at radius 3 is 2.81 bits per heavy atom. The Bertz CT molecular complexity index is 426. The maximum Gasteiger partial charge on any atom is 0.246 e. The van der Waals surface area contributed by atoms with Crippen molar-refractivity contribution >= 4 is 11.6 Å². The molecule has 1 amide bonds. The van der Waals surface area contributed by atoms with Crippen molar-refractivity contribution in [2.24, 2.45) is 0 Å². The first kappa shape index (κ1) is 11.1. The third-order valence-electron chi connectivity index (χ3n) is 2.93. The highest BCUT2D eigenvalue weighted by atomic mass is 16.2. The molecule has 1 aromatic carbocycles. The van der Waals surface area contributed by atoms with Gasteiger partial charge in [-0.3, -0.25) is 4.79 Å². The van der Waals surface area contributed by atoms with Crippen molar-refractivity contribution in [1.82, 2.24) is 5.32 Å². The molecule has 1 unspecified atom stereocenters. The van der Waals surface area contributed by atoms with Gasteiger partial charge in [0.2, 0.25) is 5.91 Å². The van der Waals surface area contributed by atoms with Crippen LogP contribution in [0.4, 0.5) is 5.69 Å². The topological polar surface area (TPSA) is 41.1 Å². The smallest absolute Gasteiger partial charge is 0.246 e. The summed E-state index contributed by atoms with van der Waals surface area (Å²) in [7, 11) is 0. The molecule has 16 heavy (non-hydrogen) atoms. The zero-order valence-corrected chi connectivity index (χ0v) is 10.1. The van der Waals surface area contributed by atoms with Crippen LogP contribution >= 0.6 is 0 Å². The monoisotopic (exact) mass is 218 g/mol. The summed E-state index contributed by atoms with van der Waals surface area (Å²) in [5, 5.41) is 6.23.